The molecule has 0 radical (unpaired) electrons. The molecule has 1 aromatic rings. The summed E-state index contributed by atoms with van der Waals surface area (Å²) in [6.07, 6.45) is 3.10. The molecule has 0 aromatic heterocycles. The molecule has 0 saturated carbocycles. The van der Waals surface area contributed by atoms with Gasteiger partial charge in [-0.25, -0.2) is 0 Å². The summed E-state index contributed by atoms with van der Waals surface area (Å²) in [7, 11) is 0. The summed E-state index contributed by atoms with van der Waals surface area (Å²) < 4.78 is 6.37. The first-order valence-electron chi connectivity index (χ1n) is 9.21. The first kappa shape index (κ1) is 20.7. The van der Waals surface area contributed by atoms with E-state index in [1.807, 2.05) is 56.0 Å². The van der Waals surface area contributed by atoms with Crippen LogP contribution in [0.2, 0.25) is 5.32 Å². The summed E-state index contributed by atoms with van der Waals surface area (Å²) >= 11 is -2.39. The van der Waals surface area contributed by atoms with Crippen LogP contribution in [0.15, 0.2) is 30.3 Å². The zero-order valence-corrected chi connectivity index (χ0v) is 17.9. The Bertz CT molecular complexity index is 618. The minimum absolute atomic E-state index is 0.0373. The Balaban J connectivity index is 2.08. The molecule has 7 heteroatoms. The molecule has 146 valence electrons. The van der Waals surface area contributed by atoms with Crippen molar-refractivity contribution in [3.05, 3.63) is 40.4 Å². The van der Waals surface area contributed by atoms with Gasteiger partial charge in [0.15, 0.2) is 0 Å². The van der Waals surface area contributed by atoms with Gasteiger partial charge in [0.05, 0.1) is 0 Å². The molecule has 2 unspecified atom stereocenters. The number of carbonyl (C=O) groups excluding carboxylic acids is 1. The molecular formula is C19H30N2O4Se. The van der Waals surface area contributed by atoms with E-state index in [-0.39, 0.29) is 22.1 Å². The van der Waals surface area contributed by atoms with Crippen LogP contribution in [0.1, 0.15) is 53.4 Å². The number of carbonyl (C=O) groups is 1. The van der Waals surface area contributed by atoms with Gasteiger partial charge in [-0.2, -0.15) is 0 Å². The van der Waals surface area contributed by atoms with Crippen LogP contribution < -0.4 is 4.46 Å². The molecule has 0 bridgehead atoms. The zero-order chi connectivity index (χ0) is 19.3. The topological polar surface area (TPSA) is 72.7 Å². The standard InChI is InChI=1S/C19H30N2O4Se/c1-5-15-11-12-16(20(15)18(22)25-19(2,3)4)13-14-26(21(23)24)17-9-7-6-8-10-17/h6-10,15-16,26H,5,11-14H2,1-4H3/t15-,16?/m1/s1. The molecule has 0 aliphatic carbocycles. The van der Waals surface area contributed by atoms with Crippen molar-refractivity contribution in [2.75, 3.05) is 0 Å². The molecule has 26 heavy (non-hydrogen) atoms. The summed E-state index contributed by atoms with van der Waals surface area (Å²) in [5.41, 5.74) is -0.537. The van der Waals surface area contributed by atoms with Crippen LogP contribution in [0, 0.1) is 10.1 Å². The maximum atomic E-state index is 12.7. The minimum atomic E-state index is -2.39. The van der Waals surface area contributed by atoms with Crippen molar-refractivity contribution in [2.24, 2.45) is 0 Å². The number of likely N-dealkylation sites (tertiary alicyclic amines) is 1. The molecule has 6 nitrogen and oxygen atoms in total. The van der Waals surface area contributed by atoms with Crippen molar-refractivity contribution < 1.29 is 13.5 Å². The van der Waals surface area contributed by atoms with E-state index in [1.54, 1.807) is 0 Å². The number of amides is 1. The molecular weight excluding hydrogens is 399 g/mol. The van der Waals surface area contributed by atoms with E-state index in [1.165, 1.54) is 0 Å². The third-order valence-corrected chi connectivity index (χ3v) is 8.75. The van der Waals surface area contributed by atoms with Gasteiger partial charge in [-0.05, 0) is 0 Å². The summed E-state index contributed by atoms with van der Waals surface area (Å²) in [6, 6.07) is 9.52. The van der Waals surface area contributed by atoms with E-state index >= 15 is 0 Å². The van der Waals surface area contributed by atoms with Crippen LogP contribution in [0.3, 0.4) is 0 Å². The number of benzene rings is 1. The number of nitro groups is 1. The second-order valence-corrected chi connectivity index (χ2v) is 12.0. The SMILES string of the molecule is CC[C@@H]1CCC(CC[SeH](c2ccccc2)[N+](=O)[O-])N1C(=O)OC(C)(C)C. The third kappa shape index (κ3) is 5.45. The van der Waals surface area contributed by atoms with Gasteiger partial charge in [0.2, 0.25) is 0 Å². The Morgan fingerprint density at radius 2 is 1.88 bits per heavy atom. The molecule has 1 fully saturated rings. The first-order valence-corrected chi connectivity index (χ1v) is 12.3. The summed E-state index contributed by atoms with van der Waals surface area (Å²) in [5.74, 6) is 0. The fourth-order valence-corrected chi connectivity index (χ4v) is 6.94. The fraction of sp³-hybridized carbons (Fsp3) is 0.632. The zero-order valence-electron chi connectivity index (χ0n) is 16.1. The summed E-state index contributed by atoms with van der Waals surface area (Å²) in [6.45, 7) is 7.66. The predicted molar refractivity (Wildman–Crippen MR) is 105 cm³/mol. The number of rotatable bonds is 6. The van der Waals surface area contributed by atoms with Crippen molar-refractivity contribution in [3.8, 4) is 0 Å². The molecule has 0 spiro atoms. The van der Waals surface area contributed by atoms with Crippen LogP contribution in [-0.2, 0) is 4.74 Å². The summed E-state index contributed by atoms with van der Waals surface area (Å²) in [5, 5.41) is 12.2. The Kier molecular flexibility index (Phi) is 7.07. The Labute approximate surface area is 160 Å². The fourth-order valence-electron chi connectivity index (χ4n) is 3.43. The Morgan fingerprint density at radius 1 is 1.27 bits per heavy atom. The van der Waals surface area contributed by atoms with E-state index in [4.69, 9.17) is 4.74 Å². The first-order chi connectivity index (χ1) is 12.2. The van der Waals surface area contributed by atoms with E-state index < -0.39 is 19.7 Å². The quantitative estimate of drug-likeness (QED) is 0.394. The molecule has 1 heterocycles. The normalized spacial score (nSPS) is 22.2. The predicted octanol–water partition coefficient (Wildman–Crippen LogP) is 3.46. The average Bonchev–Trinajstić information content (AvgIpc) is 2.97. The number of hydrogen-bond acceptors (Lipinski definition) is 4. The molecule has 2 rings (SSSR count). The Morgan fingerprint density at radius 3 is 2.42 bits per heavy atom. The molecule has 1 saturated heterocycles. The van der Waals surface area contributed by atoms with Gasteiger partial charge < -0.3 is 0 Å². The molecule has 1 aliphatic heterocycles. The molecule has 1 aliphatic rings. The van der Waals surface area contributed by atoms with E-state index in [2.05, 4.69) is 6.92 Å². The van der Waals surface area contributed by atoms with Gasteiger partial charge in [0.25, 0.3) is 0 Å². The van der Waals surface area contributed by atoms with Crippen molar-refractivity contribution in [1.82, 2.24) is 4.90 Å². The van der Waals surface area contributed by atoms with Crippen LogP contribution in [0.5, 0.6) is 0 Å². The number of nitrogens with zero attached hydrogens (tertiary/aromatic N) is 2. The maximum absolute atomic E-state index is 12.7. The number of ether oxygens (including phenoxy) is 1. The Hall–Kier alpha value is -1.59. The monoisotopic (exact) mass is 430 g/mol. The van der Waals surface area contributed by atoms with E-state index in [9.17, 15) is 14.9 Å². The van der Waals surface area contributed by atoms with Crippen molar-refractivity contribution in [1.29, 1.82) is 0 Å². The second-order valence-electron chi connectivity index (χ2n) is 7.67. The molecule has 1 aromatic carbocycles. The average molecular weight is 429 g/mol. The van der Waals surface area contributed by atoms with Gasteiger partial charge in [-0.15, -0.1) is 0 Å². The van der Waals surface area contributed by atoms with Crippen molar-refractivity contribution >= 4 is 24.7 Å². The molecule has 0 N–H and O–H groups in total. The second kappa shape index (κ2) is 8.87. The van der Waals surface area contributed by atoms with Crippen LogP contribution >= 0.6 is 0 Å². The third-order valence-electron chi connectivity index (χ3n) is 4.62. The van der Waals surface area contributed by atoms with Crippen molar-refractivity contribution in [3.63, 3.8) is 0 Å². The van der Waals surface area contributed by atoms with Gasteiger partial charge in [0, 0.05) is 0 Å². The van der Waals surface area contributed by atoms with Crippen LogP contribution in [-0.4, -0.2) is 46.7 Å². The van der Waals surface area contributed by atoms with Gasteiger partial charge in [0.1, 0.15) is 0 Å². The van der Waals surface area contributed by atoms with E-state index in [0.29, 0.717) is 11.7 Å². The summed E-state index contributed by atoms with van der Waals surface area (Å²) in [4.78, 5) is 26.1. The molecule has 1 amide bonds. The number of hydrogen-bond donors (Lipinski definition) is 0. The van der Waals surface area contributed by atoms with Gasteiger partial charge in [-0.1, -0.05) is 0 Å². The van der Waals surface area contributed by atoms with E-state index in [0.717, 1.165) is 23.7 Å². The van der Waals surface area contributed by atoms with Crippen molar-refractivity contribution in [2.45, 2.75) is 76.4 Å². The van der Waals surface area contributed by atoms with Gasteiger partial charge >= 0.3 is 160 Å². The van der Waals surface area contributed by atoms with Gasteiger partial charge in [-0.3, -0.25) is 0 Å². The molecule has 3 atom stereocenters. The van der Waals surface area contributed by atoms with Crippen LogP contribution in [0.25, 0.3) is 0 Å². The van der Waals surface area contributed by atoms with Crippen LogP contribution in [0.4, 0.5) is 4.79 Å².